The highest BCUT2D eigenvalue weighted by atomic mass is 15.1. The Kier molecular flexibility index (Phi) is 10.7. The summed E-state index contributed by atoms with van der Waals surface area (Å²) in [5.41, 5.74) is 27.4. The summed E-state index contributed by atoms with van der Waals surface area (Å²) in [7, 11) is 0. The van der Waals surface area contributed by atoms with E-state index in [4.69, 9.17) is 4.98 Å². The Balaban J connectivity index is 1.12. The van der Waals surface area contributed by atoms with E-state index >= 15 is 0 Å². The number of hydrogen-bond acceptors (Lipinski definition) is 2. The van der Waals surface area contributed by atoms with Gasteiger partial charge in [0.25, 0.3) is 0 Å². The zero-order valence-corrected chi connectivity index (χ0v) is 42.1. The number of aryl methyl sites for hydroxylation is 8. The van der Waals surface area contributed by atoms with Crippen molar-refractivity contribution >= 4 is 43.6 Å². The van der Waals surface area contributed by atoms with E-state index in [-0.39, 0.29) is 0 Å². The molecule has 0 amide bonds. The molecule has 0 saturated carbocycles. The minimum atomic E-state index is 0.602. The summed E-state index contributed by atoms with van der Waals surface area (Å²) in [6.07, 6.45) is 2.05. The van der Waals surface area contributed by atoms with Gasteiger partial charge in [-0.1, -0.05) is 131 Å². The summed E-state index contributed by atoms with van der Waals surface area (Å²) in [6, 6.07) is 67.1. The summed E-state index contributed by atoms with van der Waals surface area (Å²) < 4.78 is 4.70. The topological polar surface area (TPSA) is 46.5 Å². The van der Waals surface area contributed by atoms with Crippen molar-refractivity contribution in [1.82, 2.24) is 14.1 Å². The molecule has 4 heteroatoms. The average molecular weight is 927 g/mol. The Morgan fingerprint density at radius 3 is 1.07 bits per heavy atom. The van der Waals surface area contributed by atoms with Crippen LogP contribution in [0.5, 0.6) is 0 Å². The summed E-state index contributed by atoms with van der Waals surface area (Å²) in [5.74, 6) is 0.796. The van der Waals surface area contributed by atoms with Crippen molar-refractivity contribution in [2.24, 2.45) is 0 Å². The first kappa shape index (κ1) is 44.4. The molecule has 0 spiro atoms. The molecule has 0 fully saturated rings. The number of pyridine rings is 1. The normalized spacial score (nSPS) is 11.6. The highest BCUT2D eigenvalue weighted by Crippen LogP contribution is 2.43. The quantitative estimate of drug-likeness (QED) is 0.160. The average Bonchev–Trinajstić information content (AvgIpc) is 3.87. The summed E-state index contributed by atoms with van der Waals surface area (Å²) >= 11 is 0. The maximum atomic E-state index is 10.3. The van der Waals surface area contributed by atoms with Gasteiger partial charge in [0.2, 0.25) is 0 Å². The van der Waals surface area contributed by atoms with Crippen molar-refractivity contribution in [3.05, 3.63) is 232 Å². The predicted octanol–water partition coefficient (Wildman–Crippen LogP) is 17.9. The second-order valence-electron chi connectivity index (χ2n) is 20.1. The lowest BCUT2D eigenvalue weighted by atomic mass is 9.95. The first-order valence-corrected chi connectivity index (χ1v) is 24.9. The van der Waals surface area contributed by atoms with Crippen molar-refractivity contribution < 1.29 is 0 Å². The standard InChI is InChI=1S/C68H54N4/c1-40-12-20-54(44(5)28-40)50-16-24-63-59(33-50)60-34-51(55-21-13-41(2)29-45(55)6)17-25-64(60)71(63)67-39-70-68(37-58(67)49-11-9-10-48(32-49)38-69)72-65-26-18-52(56-22-14-42(3)30-46(56)7)35-61(65)62-36-53(19-27-66(62)72)57-23-15-43(4)31-47(57)8/h9-37,39H,1-8H3. The van der Waals surface area contributed by atoms with Gasteiger partial charge in [-0.2, -0.15) is 5.26 Å². The van der Waals surface area contributed by atoms with Crippen LogP contribution in [0.25, 0.3) is 111 Å². The Bertz CT molecular complexity index is 4050. The van der Waals surface area contributed by atoms with Crippen LogP contribution in [0.1, 0.15) is 50.1 Å². The molecule has 72 heavy (non-hydrogen) atoms. The highest BCUT2D eigenvalue weighted by Gasteiger charge is 2.22. The molecule has 3 heterocycles. The fourth-order valence-electron chi connectivity index (χ4n) is 11.5. The third-order valence-electron chi connectivity index (χ3n) is 14.9. The third kappa shape index (κ3) is 7.49. The monoisotopic (exact) mass is 926 g/mol. The minimum Gasteiger partial charge on any atom is -0.307 e. The summed E-state index contributed by atoms with van der Waals surface area (Å²) in [4.78, 5) is 5.48. The Hall–Kier alpha value is -8.78. The van der Waals surface area contributed by atoms with Gasteiger partial charge in [-0.25, -0.2) is 4.98 Å². The summed E-state index contributed by atoms with van der Waals surface area (Å²) in [5, 5.41) is 14.9. The number of fused-ring (bicyclic) bond motifs is 6. The van der Waals surface area contributed by atoms with Crippen LogP contribution in [0.2, 0.25) is 0 Å². The van der Waals surface area contributed by atoms with Crippen LogP contribution in [0, 0.1) is 66.7 Å². The lowest BCUT2D eigenvalue weighted by Crippen LogP contribution is -2.03. The third-order valence-corrected chi connectivity index (χ3v) is 14.9. The van der Waals surface area contributed by atoms with Crippen LogP contribution in [-0.4, -0.2) is 14.1 Å². The zero-order valence-electron chi connectivity index (χ0n) is 42.1. The van der Waals surface area contributed by atoms with E-state index in [1.807, 2.05) is 24.4 Å². The molecule has 0 unspecified atom stereocenters. The molecule has 0 bridgehead atoms. The molecule has 346 valence electrons. The molecule has 12 aromatic rings. The van der Waals surface area contributed by atoms with Gasteiger partial charge in [-0.3, -0.25) is 4.57 Å². The molecule has 0 aliphatic rings. The maximum Gasteiger partial charge on any atom is 0.138 e. The van der Waals surface area contributed by atoms with Crippen LogP contribution in [0.15, 0.2) is 182 Å². The van der Waals surface area contributed by atoms with E-state index in [2.05, 4.69) is 228 Å². The molecule has 0 aliphatic carbocycles. The fraction of sp³-hybridized carbons (Fsp3) is 0.118. The highest BCUT2D eigenvalue weighted by molar-refractivity contribution is 6.13. The number of hydrogen-bond donors (Lipinski definition) is 0. The maximum absolute atomic E-state index is 10.3. The number of nitriles is 1. The van der Waals surface area contributed by atoms with E-state index in [0.29, 0.717) is 5.56 Å². The Labute approximate surface area is 421 Å². The molecule has 0 radical (unpaired) electrons. The largest absolute Gasteiger partial charge is 0.307 e. The SMILES string of the molecule is Cc1ccc(-c2ccc3c(c2)c2cc(-c4ccc(C)cc4C)ccc2n3-c2cc(-c3cccc(C#N)c3)c(-n3c4ccc(-c5ccc(C)cc5C)cc4c4cc(-c5ccc(C)cc5C)ccc43)cn2)c(C)c1. The van der Waals surface area contributed by atoms with Crippen LogP contribution >= 0.6 is 0 Å². The first-order valence-electron chi connectivity index (χ1n) is 24.9. The van der Waals surface area contributed by atoms with Crippen molar-refractivity contribution in [2.75, 3.05) is 0 Å². The van der Waals surface area contributed by atoms with Gasteiger partial charge in [0, 0.05) is 27.1 Å². The van der Waals surface area contributed by atoms with Crippen molar-refractivity contribution in [3.8, 4) is 73.2 Å². The lowest BCUT2D eigenvalue weighted by Gasteiger charge is -2.17. The fourth-order valence-corrected chi connectivity index (χ4v) is 11.5. The minimum absolute atomic E-state index is 0.602. The number of aromatic nitrogens is 3. The molecule has 3 aromatic heterocycles. The smallest absolute Gasteiger partial charge is 0.138 e. The number of rotatable bonds is 7. The van der Waals surface area contributed by atoms with Crippen LogP contribution in [0.3, 0.4) is 0 Å². The molecular formula is C68H54N4. The molecule has 0 aliphatic heterocycles. The molecule has 0 atom stereocenters. The van der Waals surface area contributed by atoms with Crippen molar-refractivity contribution in [1.29, 1.82) is 5.26 Å². The predicted molar refractivity (Wildman–Crippen MR) is 303 cm³/mol. The summed E-state index contributed by atoms with van der Waals surface area (Å²) in [6.45, 7) is 17.4. The van der Waals surface area contributed by atoms with Crippen LogP contribution in [0.4, 0.5) is 0 Å². The van der Waals surface area contributed by atoms with E-state index in [1.54, 1.807) is 0 Å². The lowest BCUT2D eigenvalue weighted by molar-refractivity contribution is 1.06. The second-order valence-corrected chi connectivity index (χ2v) is 20.1. The van der Waals surface area contributed by atoms with Crippen molar-refractivity contribution in [2.45, 2.75) is 55.4 Å². The van der Waals surface area contributed by atoms with E-state index in [9.17, 15) is 5.26 Å². The van der Waals surface area contributed by atoms with Gasteiger partial charge < -0.3 is 4.57 Å². The van der Waals surface area contributed by atoms with E-state index in [1.165, 1.54) is 89.0 Å². The molecule has 9 aromatic carbocycles. The van der Waals surface area contributed by atoms with Crippen molar-refractivity contribution in [3.63, 3.8) is 0 Å². The molecule has 0 N–H and O–H groups in total. The number of benzene rings is 9. The molecule has 12 rings (SSSR count). The van der Waals surface area contributed by atoms with E-state index in [0.717, 1.165) is 66.2 Å². The zero-order chi connectivity index (χ0) is 49.5. The van der Waals surface area contributed by atoms with Gasteiger partial charge in [-0.15, -0.1) is 0 Å². The first-order chi connectivity index (χ1) is 34.9. The van der Waals surface area contributed by atoms with Gasteiger partial charge in [0.15, 0.2) is 0 Å². The van der Waals surface area contributed by atoms with Crippen LogP contribution < -0.4 is 0 Å². The van der Waals surface area contributed by atoms with Gasteiger partial charge >= 0.3 is 0 Å². The van der Waals surface area contributed by atoms with E-state index < -0.39 is 0 Å². The van der Waals surface area contributed by atoms with Gasteiger partial charge in [0.1, 0.15) is 5.82 Å². The molecular weight excluding hydrogens is 873 g/mol. The molecule has 0 saturated heterocycles. The van der Waals surface area contributed by atoms with Gasteiger partial charge in [-0.05, 0) is 194 Å². The van der Waals surface area contributed by atoms with Crippen LogP contribution in [-0.2, 0) is 0 Å². The number of nitrogens with zero attached hydrogens (tertiary/aromatic N) is 4. The Morgan fingerprint density at radius 1 is 0.347 bits per heavy atom. The van der Waals surface area contributed by atoms with Gasteiger partial charge in [0.05, 0.1) is 45.6 Å². The second kappa shape index (κ2) is 17.3. The Morgan fingerprint density at radius 2 is 0.708 bits per heavy atom. The molecule has 4 nitrogen and oxygen atoms in total.